The van der Waals surface area contributed by atoms with Gasteiger partial charge in [-0.3, -0.25) is 9.13 Å². The van der Waals surface area contributed by atoms with E-state index >= 15 is 0 Å². The van der Waals surface area contributed by atoms with Crippen LogP contribution in [0.4, 0.5) is 5.82 Å². The summed E-state index contributed by atoms with van der Waals surface area (Å²) in [6.07, 6.45) is 1.88. The molecular weight excluding hydrogens is 313 g/mol. The van der Waals surface area contributed by atoms with Gasteiger partial charge in [0.05, 0.1) is 12.4 Å². The van der Waals surface area contributed by atoms with Crippen molar-refractivity contribution in [3.8, 4) is 0 Å². The highest BCUT2D eigenvalue weighted by molar-refractivity contribution is 7.55. The third kappa shape index (κ3) is 2.87. The van der Waals surface area contributed by atoms with Gasteiger partial charge < -0.3 is 25.4 Å². The first-order valence-corrected chi connectivity index (χ1v) is 8.04. The van der Waals surface area contributed by atoms with Gasteiger partial charge in [-0.05, 0) is 6.08 Å². The van der Waals surface area contributed by atoms with E-state index in [0.717, 1.165) is 5.82 Å². The summed E-state index contributed by atoms with van der Waals surface area (Å²) < 4.78 is 18.0. The Labute approximate surface area is 124 Å². The molecule has 3 heterocycles. The van der Waals surface area contributed by atoms with E-state index in [1.165, 1.54) is 23.3 Å². The number of anilines is 1. The molecular formula is C11H14N5O5P. The Bertz CT molecular complexity index is 771. The first-order chi connectivity index (χ1) is 10.3. The fourth-order valence-electron chi connectivity index (χ4n) is 2.32. The molecule has 1 aliphatic rings. The molecule has 2 aromatic heterocycles. The zero-order valence-corrected chi connectivity index (χ0v) is 12.1. The lowest BCUT2D eigenvalue weighted by Gasteiger charge is -2.16. The lowest BCUT2D eigenvalue weighted by molar-refractivity contribution is -0.0227. The maximum absolute atomic E-state index is 10.8. The average Bonchev–Trinajstić information content (AvgIpc) is 3.00. The molecule has 10 nitrogen and oxygen atoms in total. The van der Waals surface area contributed by atoms with Crippen LogP contribution in [0.3, 0.4) is 0 Å². The monoisotopic (exact) mass is 327 g/mol. The van der Waals surface area contributed by atoms with Crippen molar-refractivity contribution >= 4 is 24.6 Å². The highest BCUT2D eigenvalue weighted by Gasteiger charge is 2.35. The minimum absolute atomic E-state index is 0.196. The number of nitrogens with zero attached hydrogens (tertiary/aromatic N) is 4. The van der Waals surface area contributed by atoms with Crippen LogP contribution in [0.25, 0.3) is 11.2 Å². The molecule has 0 amide bonds. The Morgan fingerprint density at radius 1 is 1.41 bits per heavy atom. The molecule has 0 aliphatic carbocycles. The standard InChI is InChI=1S/C11H14N5O5P/c12-9-8-10(14-4-13-9)16(5-15-8)11-7(17)3-6(21-11)1-2-22(18,19)20/h1-2,4-7,11,17H,3H2,(H2,12,13,14)(H2,18,19,20)/t6-,7-,11-/m1/s1. The van der Waals surface area contributed by atoms with Crippen LogP contribution in [-0.4, -0.2) is 46.6 Å². The van der Waals surface area contributed by atoms with Gasteiger partial charge in [-0.25, -0.2) is 15.0 Å². The second kappa shape index (κ2) is 5.41. The molecule has 0 aromatic carbocycles. The van der Waals surface area contributed by atoms with Crippen LogP contribution >= 0.6 is 7.60 Å². The molecule has 1 aliphatic heterocycles. The Hall–Kier alpha value is -1.84. The molecule has 3 atom stereocenters. The van der Waals surface area contributed by atoms with Crippen LogP contribution < -0.4 is 5.73 Å². The van der Waals surface area contributed by atoms with E-state index in [9.17, 15) is 9.67 Å². The topological polar surface area (TPSA) is 157 Å². The van der Waals surface area contributed by atoms with Crippen molar-refractivity contribution in [3.63, 3.8) is 0 Å². The van der Waals surface area contributed by atoms with E-state index in [4.69, 9.17) is 20.3 Å². The highest BCUT2D eigenvalue weighted by Crippen LogP contribution is 2.38. The summed E-state index contributed by atoms with van der Waals surface area (Å²) in [5, 5.41) is 10.1. The highest BCUT2D eigenvalue weighted by atomic mass is 31.2. The number of imidazole rings is 1. The Morgan fingerprint density at radius 2 is 2.18 bits per heavy atom. The minimum Gasteiger partial charge on any atom is -0.388 e. The Morgan fingerprint density at radius 3 is 2.91 bits per heavy atom. The number of nitrogen functional groups attached to an aromatic ring is 1. The average molecular weight is 327 g/mol. The lowest BCUT2D eigenvalue weighted by atomic mass is 10.2. The van der Waals surface area contributed by atoms with Crippen molar-refractivity contribution in [3.05, 3.63) is 24.5 Å². The van der Waals surface area contributed by atoms with E-state index in [0.29, 0.717) is 11.2 Å². The first-order valence-electron chi connectivity index (χ1n) is 6.36. The summed E-state index contributed by atoms with van der Waals surface area (Å²) in [6, 6.07) is 0. The molecule has 11 heteroatoms. The van der Waals surface area contributed by atoms with E-state index in [-0.39, 0.29) is 12.2 Å². The van der Waals surface area contributed by atoms with Gasteiger partial charge in [-0.15, -0.1) is 0 Å². The second-order valence-electron chi connectivity index (χ2n) is 4.88. The molecule has 22 heavy (non-hydrogen) atoms. The molecule has 1 fully saturated rings. The number of nitrogens with two attached hydrogens (primary N) is 1. The van der Waals surface area contributed by atoms with Crippen molar-refractivity contribution in [1.29, 1.82) is 0 Å². The van der Waals surface area contributed by atoms with Gasteiger partial charge in [0.1, 0.15) is 17.9 Å². The van der Waals surface area contributed by atoms with E-state index < -0.39 is 26.0 Å². The van der Waals surface area contributed by atoms with Crippen LogP contribution in [0.5, 0.6) is 0 Å². The fourth-order valence-corrected chi connectivity index (χ4v) is 2.74. The third-order valence-corrected chi connectivity index (χ3v) is 3.83. The zero-order valence-electron chi connectivity index (χ0n) is 11.2. The van der Waals surface area contributed by atoms with Crippen molar-refractivity contribution in [1.82, 2.24) is 19.5 Å². The molecule has 0 unspecified atom stereocenters. The third-order valence-electron chi connectivity index (χ3n) is 3.27. The molecule has 0 spiro atoms. The number of fused-ring (bicyclic) bond motifs is 1. The van der Waals surface area contributed by atoms with Crippen LogP contribution in [0, 0.1) is 0 Å². The number of aliphatic hydroxyl groups is 1. The second-order valence-corrected chi connectivity index (χ2v) is 6.36. The van der Waals surface area contributed by atoms with Gasteiger partial charge >= 0.3 is 7.60 Å². The van der Waals surface area contributed by atoms with Gasteiger partial charge in [0.2, 0.25) is 0 Å². The van der Waals surface area contributed by atoms with Crippen LogP contribution in [0.1, 0.15) is 12.6 Å². The van der Waals surface area contributed by atoms with Crippen LogP contribution in [-0.2, 0) is 9.30 Å². The number of aromatic nitrogens is 4. The summed E-state index contributed by atoms with van der Waals surface area (Å²) in [6.45, 7) is 0. The maximum Gasteiger partial charge on any atom is 0.348 e. The molecule has 0 radical (unpaired) electrons. The molecule has 2 aromatic rings. The van der Waals surface area contributed by atoms with Crippen molar-refractivity contribution in [2.24, 2.45) is 0 Å². The number of ether oxygens (including phenoxy) is 1. The Kier molecular flexibility index (Phi) is 3.71. The largest absolute Gasteiger partial charge is 0.388 e. The van der Waals surface area contributed by atoms with Crippen molar-refractivity contribution in [2.75, 3.05) is 5.73 Å². The molecule has 0 bridgehead atoms. The summed E-state index contributed by atoms with van der Waals surface area (Å²) in [4.78, 5) is 29.6. The summed E-state index contributed by atoms with van der Waals surface area (Å²) in [7, 11) is -4.26. The van der Waals surface area contributed by atoms with Crippen LogP contribution in [0.15, 0.2) is 24.5 Å². The lowest BCUT2D eigenvalue weighted by Crippen LogP contribution is -2.19. The molecule has 1 saturated heterocycles. The number of hydrogen-bond donors (Lipinski definition) is 4. The minimum atomic E-state index is -4.26. The van der Waals surface area contributed by atoms with Crippen LogP contribution in [0.2, 0.25) is 0 Å². The first kappa shape index (κ1) is 15.1. The summed E-state index contributed by atoms with van der Waals surface area (Å²) >= 11 is 0. The molecule has 3 rings (SSSR count). The zero-order chi connectivity index (χ0) is 15.9. The van der Waals surface area contributed by atoms with Gasteiger partial charge in [-0.2, -0.15) is 0 Å². The normalized spacial score (nSPS) is 26.2. The number of hydrogen-bond acceptors (Lipinski definition) is 7. The molecule has 0 saturated carbocycles. The predicted octanol–water partition coefficient (Wildman–Crippen LogP) is -0.252. The predicted molar refractivity (Wildman–Crippen MR) is 75.5 cm³/mol. The van der Waals surface area contributed by atoms with Gasteiger partial charge in [-0.1, -0.05) is 0 Å². The summed E-state index contributed by atoms with van der Waals surface area (Å²) in [5.41, 5.74) is 6.51. The van der Waals surface area contributed by atoms with Gasteiger partial charge in [0.15, 0.2) is 17.7 Å². The van der Waals surface area contributed by atoms with E-state index in [2.05, 4.69) is 15.0 Å². The summed E-state index contributed by atoms with van der Waals surface area (Å²) in [5.74, 6) is 0.980. The van der Waals surface area contributed by atoms with E-state index in [1.54, 1.807) is 0 Å². The van der Waals surface area contributed by atoms with Gasteiger partial charge in [0, 0.05) is 12.2 Å². The SMILES string of the molecule is Nc1ncnc2c1ncn2[C@@H]1O[C@H](C=CP(=O)(O)O)C[C@H]1O. The fraction of sp³-hybridized carbons (Fsp3) is 0.364. The van der Waals surface area contributed by atoms with Crippen molar-refractivity contribution < 1.29 is 24.2 Å². The quantitative estimate of drug-likeness (QED) is 0.558. The van der Waals surface area contributed by atoms with Crippen molar-refractivity contribution in [2.45, 2.75) is 24.9 Å². The van der Waals surface area contributed by atoms with E-state index in [1.807, 2.05) is 0 Å². The smallest absolute Gasteiger partial charge is 0.348 e. The maximum atomic E-state index is 10.8. The Balaban J connectivity index is 1.87. The molecule has 5 N–H and O–H groups in total. The number of aliphatic hydroxyl groups excluding tert-OH is 1. The number of rotatable bonds is 3. The molecule has 118 valence electrons. The van der Waals surface area contributed by atoms with Gasteiger partial charge in [0.25, 0.3) is 0 Å².